The Morgan fingerprint density at radius 1 is 1.19 bits per heavy atom. The van der Waals surface area contributed by atoms with E-state index in [1.165, 1.54) is 37.3 Å². The van der Waals surface area contributed by atoms with Crippen molar-refractivity contribution >= 4 is 40.7 Å². The summed E-state index contributed by atoms with van der Waals surface area (Å²) in [5, 5.41) is 23.2. The van der Waals surface area contributed by atoms with E-state index in [0.717, 1.165) is 24.3 Å². The van der Waals surface area contributed by atoms with Gasteiger partial charge >= 0.3 is 6.18 Å². The van der Waals surface area contributed by atoms with Crippen molar-refractivity contribution in [3.8, 4) is 11.5 Å². The Kier molecular flexibility index (Phi) is 11.7. The second kappa shape index (κ2) is 14.8. The first kappa shape index (κ1) is 33.3. The van der Waals surface area contributed by atoms with Crippen molar-refractivity contribution in [2.24, 2.45) is 0 Å². The van der Waals surface area contributed by atoms with Gasteiger partial charge in [-0.05, 0) is 65.1 Å². The van der Waals surface area contributed by atoms with Gasteiger partial charge in [-0.25, -0.2) is 0 Å². The predicted octanol–water partition coefficient (Wildman–Crippen LogP) is 2.84. The second-order valence-corrected chi connectivity index (χ2v) is 10.4. The Bertz CT molecular complexity index is 1300. The maximum Gasteiger partial charge on any atom is 0.416 e. The molecule has 14 heteroatoms. The van der Waals surface area contributed by atoms with Gasteiger partial charge in [-0.2, -0.15) is 13.2 Å². The molecule has 0 aromatic heterocycles. The van der Waals surface area contributed by atoms with E-state index in [1.807, 2.05) is 22.6 Å². The average Bonchev–Trinajstić information content (AvgIpc) is 2.97. The number of aliphatic hydroxyl groups excluding tert-OH is 2. The molecule has 3 unspecified atom stereocenters. The zero-order valence-corrected chi connectivity index (χ0v) is 24.8. The summed E-state index contributed by atoms with van der Waals surface area (Å²) < 4.78 is 56.4. The van der Waals surface area contributed by atoms with E-state index >= 15 is 0 Å². The molecular formula is C28H30F3IN2O8. The summed E-state index contributed by atoms with van der Waals surface area (Å²) in [5.41, 5.74) is -0.531. The number of hydrogen-bond acceptors (Lipinski definition) is 8. The van der Waals surface area contributed by atoms with Crippen molar-refractivity contribution in [1.82, 2.24) is 10.2 Å². The van der Waals surface area contributed by atoms with E-state index in [0.29, 0.717) is 15.4 Å². The van der Waals surface area contributed by atoms with Gasteiger partial charge in [0.15, 0.2) is 11.5 Å². The standard InChI is InChI=1S/C28H30F3IN2O8/c1-40-10-8-34(27(39)17-3-5-19(6-4-17)28(29,30)31)21-13-18(26(38)33-7-9-35)14-22(24(21)37)42-25-20(32)11-16(15-36)12-23(25)41-2/h3-6,11-12,14-15,21-22,24,35,37H,7-10,13H2,1-2H3,(H,33,38). The number of nitrogens with zero attached hydrogens (tertiary/aromatic N) is 1. The van der Waals surface area contributed by atoms with Gasteiger partial charge in [0.1, 0.15) is 18.5 Å². The molecule has 0 bridgehead atoms. The molecule has 0 aliphatic heterocycles. The Balaban J connectivity index is 2.03. The van der Waals surface area contributed by atoms with E-state index in [-0.39, 0.29) is 55.4 Å². The molecule has 0 saturated heterocycles. The van der Waals surface area contributed by atoms with Crippen LogP contribution >= 0.6 is 22.6 Å². The van der Waals surface area contributed by atoms with Crippen molar-refractivity contribution in [3.05, 3.63) is 68.3 Å². The van der Waals surface area contributed by atoms with Crippen molar-refractivity contribution in [2.75, 3.05) is 40.5 Å². The highest BCUT2D eigenvalue weighted by Crippen LogP contribution is 2.37. The number of benzene rings is 2. The second-order valence-electron chi connectivity index (χ2n) is 9.23. The number of rotatable bonds is 12. The monoisotopic (exact) mass is 706 g/mol. The van der Waals surface area contributed by atoms with Crippen LogP contribution < -0.4 is 14.8 Å². The van der Waals surface area contributed by atoms with Gasteiger partial charge < -0.3 is 34.6 Å². The van der Waals surface area contributed by atoms with Crippen molar-refractivity contribution < 1.29 is 52.0 Å². The molecule has 2 aromatic carbocycles. The number of nitrogens with one attached hydrogen (secondary N) is 1. The minimum Gasteiger partial charge on any atom is -0.493 e. The highest BCUT2D eigenvalue weighted by molar-refractivity contribution is 14.1. The molecule has 3 rings (SSSR count). The van der Waals surface area contributed by atoms with Gasteiger partial charge in [0, 0.05) is 43.3 Å². The Hall–Kier alpha value is -3.21. The average molecular weight is 706 g/mol. The number of methoxy groups -OCH3 is 2. The third-order valence-corrected chi connectivity index (χ3v) is 7.31. The van der Waals surface area contributed by atoms with Crippen LogP contribution in [-0.4, -0.2) is 92.0 Å². The van der Waals surface area contributed by atoms with Gasteiger partial charge in [-0.3, -0.25) is 14.4 Å². The normalized spacial score (nSPS) is 18.6. The van der Waals surface area contributed by atoms with Gasteiger partial charge in [0.2, 0.25) is 5.91 Å². The Labute approximate surface area is 253 Å². The minimum absolute atomic E-state index is 0.0236. The largest absolute Gasteiger partial charge is 0.493 e. The lowest BCUT2D eigenvalue weighted by Crippen LogP contribution is -2.55. The van der Waals surface area contributed by atoms with Crippen LogP contribution in [0.5, 0.6) is 11.5 Å². The summed E-state index contributed by atoms with van der Waals surface area (Å²) in [4.78, 5) is 39.1. The fraction of sp³-hybridized carbons (Fsp3) is 0.393. The SMILES string of the molecule is COCCN(C(=O)c1ccc(C(F)(F)F)cc1)C1CC(C(=O)NCCO)=CC(Oc2c(I)cc(C=O)cc2OC)C1O. The first-order chi connectivity index (χ1) is 19.9. The van der Waals surface area contributed by atoms with E-state index in [1.54, 1.807) is 0 Å². The molecule has 3 N–H and O–H groups in total. The van der Waals surface area contributed by atoms with Gasteiger partial charge in [0.05, 0.1) is 35.5 Å². The molecule has 0 spiro atoms. The van der Waals surface area contributed by atoms with Crippen molar-refractivity contribution in [1.29, 1.82) is 0 Å². The lowest BCUT2D eigenvalue weighted by Gasteiger charge is -2.40. The maximum atomic E-state index is 13.6. The fourth-order valence-electron chi connectivity index (χ4n) is 4.41. The summed E-state index contributed by atoms with van der Waals surface area (Å²) in [5.74, 6) is -0.892. The first-order valence-electron chi connectivity index (χ1n) is 12.7. The number of carbonyl (C=O) groups excluding carboxylic acids is 3. The molecule has 228 valence electrons. The molecule has 0 heterocycles. The molecule has 3 atom stereocenters. The summed E-state index contributed by atoms with van der Waals surface area (Å²) in [6.45, 7) is -0.414. The molecule has 10 nitrogen and oxygen atoms in total. The minimum atomic E-state index is -4.59. The highest BCUT2D eigenvalue weighted by atomic mass is 127. The molecule has 0 fully saturated rings. The third-order valence-electron chi connectivity index (χ3n) is 6.51. The van der Waals surface area contributed by atoms with Crippen LogP contribution in [0.2, 0.25) is 0 Å². The zero-order valence-electron chi connectivity index (χ0n) is 22.7. The van der Waals surface area contributed by atoms with Gasteiger partial charge in [-0.1, -0.05) is 0 Å². The third kappa shape index (κ3) is 7.99. The lowest BCUT2D eigenvalue weighted by molar-refractivity contribution is -0.137. The van der Waals surface area contributed by atoms with Crippen molar-refractivity contribution in [3.63, 3.8) is 0 Å². The maximum absolute atomic E-state index is 13.6. The number of hydrogen-bond donors (Lipinski definition) is 3. The van der Waals surface area contributed by atoms with Crippen LogP contribution in [0.3, 0.4) is 0 Å². The van der Waals surface area contributed by atoms with E-state index in [2.05, 4.69) is 5.32 Å². The van der Waals surface area contributed by atoms with Crippen LogP contribution in [0, 0.1) is 3.57 Å². The number of alkyl halides is 3. The molecule has 1 aliphatic carbocycles. The molecule has 2 amide bonds. The quantitative estimate of drug-likeness (QED) is 0.227. The summed E-state index contributed by atoms with van der Waals surface area (Å²) in [6, 6.07) is 5.56. The number of aliphatic hydroxyl groups is 2. The summed E-state index contributed by atoms with van der Waals surface area (Å²) >= 11 is 1.93. The van der Waals surface area contributed by atoms with E-state index in [9.17, 15) is 32.7 Å². The molecule has 2 aromatic rings. The van der Waals surface area contributed by atoms with E-state index < -0.39 is 41.8 Å². The molecule has 1 aliphatic rings. The molecule has 42 heavy (non-hydrogen) atoms. The Morgan fingerprint density at radius 2 is 1.88 bits per heavy atom. The van der Waals surface area contributed by atoms with Gasteiger partial charge in [0.25, 0.3) is 5.91 Å². The first-order valence-corrected chi connectivity index (χ1v) is 13.8. The van der Waals surface area contributed by atoms with Crippen molar-refractivity contribution in [2.45, 2.75) is 30.8 Å². The van der Waals surface area contributed by atoms with Crippen LogP contribution in [0.1, 0.15) is 32.7 Å². The predicted molar refractivity (Wildman–Crippen MR) is 152 cm³/mol. The van der Waals surface area contributed by atoms with Gasteiger partial charge in [-0.15, -0.1) is 0 Å². The fourth-order valence-corrected chi connectivity index (χ4v) is 5.17. The molecular weight excluding hydrogens is 676 g/mol. The van der Waals surface area contributed by atoms with Crippen LogP contribution in [0.25, 0.3) is 0 Å². The molecule has 0 saturated carbocycles. The summed E-state index contributed by atoms with van der Waals surface area (Å²) in [7, 11) is 2.76. The number of carbonyl (C=O) groups is 3. The van der Waals surface area contributed by atoms with E-state index in [4.69, 9.17) is 19.3 Å². The van der Waals surface area contributed by atoms with Crippen LogP contribution in [-0.2, 0) is 15.7 Å². The van der Waals surface area contributed by atoms with Crippen LogP contribution in [0.4, 0.5) is 13.2 Å². The number of ether oxygens (including phenoxy) is 3. The zero-order chi connectivity index (χ0) is 31.0. The smallest absolute Gasteiger partial charge is 0.416 e. The Morgan fingerprint density at radius 3 is 2.45 bits per heavy atom. The topological polar surface area (TPSA) is 135 Å². The number of amides is 2. The molecule has 0 radical (unpaired) electrons. The number of aldehydes is 1. The highest BCUT2D eigenvalue weighted by Gasteiger charge is 2.41. The van der Waals surface area contributed by atoms with Crippen LogP contribution in [0.15, 0.2) is 48.0 Å². The lowest BCUT2D eigenvalue weighted by atomic mass is 9.87. The summed E-state index contributed by atoms with van der Waals surface area (Å²) in [6.07, 6.45) is -5.31. The number of halogens is 4.